The number of ether oxygens (including phenoxy) is 1. The SMILES string of the molecule is CN=C(NCc1c(C)nn(-c2ccccc2)c1C)NCC1CN(CC(C)C)CCO1. The monoisotopic (exact) mass is 412 g/mol. The predicted molar refractivity (Wildman–Crippen MR) is 122 cm³/mol. The Balaban J connectivity index is 1.54. The Morgan fingerprint density at radius 2 is 2.00 bits per heavy atom. The second kappa shape index (κ2) is 10.6. The summed E-state index contributed by atoms with van der Waals surface area (Å²) in [6.07, 6.45) is 0.181. The highest BCUT2D eigenvalue weighted by molar-refractivity contribution is 5.79. The summed E-state index contributed by atoms with van der Waals surface area (Å²) >= 11 is 0. The average molecular weight is 413 g/mol. The zero-order valence-corrected chi connectivity index (χ0v) is 19.0. The van der Waals surface area contributed by atoms with E-state index in [4.69, 9.17) is 9.84 Å². The molecule has 1 aliphatic rings. The van der Waals surface area contributed by atoms with E-state index < -0.39 is 0 Å². The molecule has 1 aromatic heterocycles. The van der Waals surface area contributed by atoms with E-state index in [1.54, 1.807) is 7.05 Å². The van der Waals surface area contributed by atoms with Crippen molar-refractivity contribution in [3.8, 4) is 5.69 Å². The van der Waals surface area contributed by atoms with Crippen LogP contribution in [-0.2, 0) is 11.3 Å². The van der Waals surface area contributed by atoms with E-state index in [-0.39, 0.29) is 6.10 Å². The topological polar surface area (TPSA) is 66.7 Å². The van der Waals surface area contributed by atoms with E-state index in [0.717, 1.165) is 55.8 Å². The normalized spacial score (nSPS) is 18.1. The van der Waals surface area contributed by atoms with Gasteiger partial charge < -0.3 is 15.4 Å². The van der Waals surface area contributed by atoms with Crippen LogP contribution in [0, 0.1) is 19.8 Å². The third-order valence-electron chi connectivity index (χ3n) is 5.44. The lowest BCUT2D eigenvalue weighted by Gasteiger charge is -2.34. The van der Waals surface area contributed by atoms with Crippen molar-refractivity contribution >= 4 is 5.96 Å². The Morgan fingerprint density at radius 1 is 1.23 bits per heavy atom. The van der Waals surface area contributed by atoms with Crippen molar-refractivity contribution in [2.75, 3.05) is 39.8 Å². The fourth-order valence-corrected chi connectivity index (χ4v) is 3.94. The van der Waals surface area contributed by atoms with Gasteiger partial charge in [-0.1, -0.05) is 32.0 Å². The van der Waals surface area contributed by atoms with Crippen LogP contribution in [0.5, 0.6) is 0 Å². The van der Waals surface area contributed by atoms with E-state index >= 15 is 0 Å². The van der Waals surface area contributed by atoms with Crippen LogP contribution < -0.4 is 10.6 Å². The highest BCUT2D eigenvalue weighted by Crippen LogP contribution is 2.17. The first kappa shape index (κ1) is 22.3. The van der Waals surface area contributed by atoms with Gasteiger partial charge in [0.2, 0.25) is 0 Å². The Morgan fingerprint density at radius 3 is 2.70 bits per heavy atom. The predicted octanol–water partition coefficient (Wildman–Crippen LogP) is 2.51. The molecule has 1 atom stereocenters. The number of aryl methyl sites for hydroxylation is 1. The van der Waals surface area contributed by atoms with Gasteiger partial charge in [-0.2, -0.15) is 5.10 Å². The maximum absolute atomic E-state index is 5.94. The summed E-state index contributed by atoms with van der Waals surface area (Å²) < 4.78 is 7.94. The molecule has 1 aromatic carbocycles. The third kappa shape index (κ3) is 5.83. The fourth-order valence-electron chi connectivity index (χ4n) is 3.94. The summed E-state index contributed by atoms with van der Waals surface area (Å²) in [5.41, 5.74) is 4.44. The molecule has 2 aromatic rings. The Labute approximate surface area is 180 Å². The zero-order valence-electron chi connectivity index (χ0n) is 19.0. The van der Waals surface area contributed by atoms with Gasteiger partial charge in [-0.25, -0.2) is 4.68 Å². The maximum atomic E-state index is 5.94. The van der Waals surface area contributed by atoms with Crippen LogP contribution in [0.2, 0.25) is 0 Å². The van der Waals surface area contributed by atoms with E-state index in [2.05, 4.69) is 60.4 Å². The molecule has 1 unspecified atom stereocenters. The Bertz CT molecular complexity index is 830. The molecule has 1 fully saturated rings. The molecule has 0 radical (unpaired) electrons. The first-order valence-electron chi connectivity index (χ1n) is 10.9. The quantitative estimate of drug-likeness (QED) is 0.540. The average Bonchev–Trinajstić information content (AvgIpc) is 3.02. The van der Waals surface area contributed by atoms with Gasteiger partial charge in [-0.3, -0.25) is 9.89 Å². The van der Waals surface area contributed by atoms with Gasteiger partial charge in [0.1, 0.15) is 0 Å². The number of benzene rings is 1. The maximum Gasteiger partial charge on any atom is 0.191 e. The highest BCUT2D eigenvalue weighted by Gasteiger charge is 2.21. The number of hydrogen-bond donors (Lipinski definition) is 2. The van der Waals surface area contributed by atoms with Gasteiger partial charge in [0.25, 0.3) is 0 Å². The van der Waals surface area contributed by atoms with Crippen molar-refractivity contribution in [2.45, 2.75) is 40.3 Å². The first-order chi connectivity index (χ1) is 14.5. The Kier molecular flexibility index (Phi) is 7.87. The first-order valence-corrected chi connectivity index (χ1v) is 10.9. The molecule has 7 heteroatoms. The lowest BCUT2D eigenvalue weighted by atomic mass is 10.2. The van der Waals surface area contributed by atoms with Crippen LogP contribution in [0.25, 0.3) is 5.69 Å². The summed E-state index contributed by atoms with van der Waals surface area (Å²) in [5, 5.41) is 11.6. The molecule has 2 heterocycles. The summed E-state index contributed by atoms with van der Waals surface area (Å²) in [6, 6.07) is 10.2. The molecule has 3 rings (SSSR count). The highest BCUT2D eigenvalue weighted by atomic mass is 16.5. The molecule has 1 saturated heterocycles. The number of morpholine rings is 1. The van der Waals surface area contributed by atoms with Crippen LogP contribution >= 0.6 is 0 Å². The molecule has 1 aliphatic heterocycles. The van der Waals surface area contributed by atoms with Crippen molar-refractivity contribution in [3.63, 3.8) is 0 Å². The number of rotatable bonds is 7. The summed E-state index contributed by atoms with van der Waals surface area (Å²) in [6.45, 7) is 14.0. The van der Waals surface area contributed by atoms with Crippen LogP contribution in [0.3, 0.4) is 0 Å². The Hall–Kier alpha value is -2.38. The van der Waals surface area contributed by atoms with E-state index in [1.807, 2.05) is 22.9 Å². The van der Waals surface area contributed by atoms with Gasteiger partial charge in [0.05, 0.1) is 24.1 Å². The van der Waals surface area contributed by atoms with Crippen LogP contribution in [-0.4, -0.2) is 66.6 Å². The number of aliphatic imine (C=N–C) groups is 1. The largest absolute Gasteiger partial charge is 0.374 e. The molecule has 0 amide bonds. The van der Waals surface area contributed by atoms with Gasteiger partial charge in [0, 0.05) is 51.0 Å². The molecule has 7 nitrogen and oxygen atoms in total. The minimum Gasteiger partial charge on any atom is -0.374 e. The van der Waals surface area contributed by atoms with Crippen molar-refractivity contribution in [3.05, 3.63) is 47.3 Å². The van der Waals surface area contributed by atoms with Gasteiger partial charge in [-0.05, 0) is 31.9 Å². The van der Waals surface area contributed by atoms with E-state index in [0.29, 0.717) is 12.5 Å². The van der Waals surface area contributed by atoms with E-state index in [1.165, 1.54) is 5.56 Å². The minimum absolute atomic E-state index is 0.181. The van der Waals surface area contributed by atoms with Crippen molar-refractivity contribution in [2.24, 2.45) is 10.9 Å². The number of guanidine groups is 1. The standard InChI is InChI=1S/C23H36N6O/c1-17(2)15-28-11-12-30-21(16-28)13-25-23(24-5)26-14-22-18(3)27-29(19(22)4)20-9-7-6-8-10-20/h6-10,17,21H,11-16H2,1-5H3,(H2,24,25,26). The molecule has 164 valence electrons. The number of aromatic nitrogens is 2. The molecule has 30 heavy (non-hydrogen) atoms. The zero-order chi connectivity index (χ0) is 21.5. The second-order valence-corrected chi connectivity index (χ2v) is 8.35. The smallest absolute Gasteiger partial charge is 0.191 e. The molecule has 0 saturated carbocycles. The number of nitrogens with one attached hydrogen (secondary N) is 2. The summed E-state index contributed by atoms with van der Waals surface area (Å²) in [5.74, 6) is 1.46. The van der Waals surface area contributed by atoms with Gasteiger partial charge in [0.15, 0.2) is 5.96 Å². The van der Waals surface area contributed by atoms with Crippen molar-refractivity contribution in [1.82, 2.24) is 25.3 Å². The number of para-hydroxylation sites is 1. The van der Waals surface area contributed by atoms with Crippen LogP contribution in [0.4, 0.5) is 0 Å². The number of nitrogens with zero attached hydrogens (tertiary/aromatic N) is 4. The van der Waals surface area contributed by atoms with Crippen LogP contribution in [0.15, 0.2) is 35.3 Å². The lowest BCUT2D eigenvalue weighted by molar-refractivity contribution is -0.0284. The fraction of sp³-hybridized carbons (Fsp3) is 0.565. The number of hydrogen-bond acceptors (Lipinski definition) is 4. The van der Waals surface area contributed by atoms with Crippen molar-refractivity contribution < 1.29 is 4.74 Å². The summed E-state index contributed by atoms with van der Waals surface area (Å²) in [7, 11) is 1.80. The van der Waals surface area contributed by atoms with Crippen molar-refractivity contribution in [1.29, 1.82) is 0 Å². The minimum atomic E-state index is 0.181. The molecular formula is C23H36N6O. The molecule has 0 aliphatic carbocycles. The molecule has 2 N–H and O–H groups in total. The molecule has 0 spiro atoms. The van der Waals surface area contributed by atoms with E-state index in [9.17, 15) is 0 Å². The second-order valence-electron chi connectivity index (χ2n) is 8.35. The lowest BCUT2D eigenvalue weighted by Crippen LogP contribution is -2.50. The third-order valence-corrected chi connectivity index (χ3v) is 5.44. The molecular weight excluding hydrogens is 376 g/mol. The van der Waals surface area contributed by atoms with Gasteiger partial charge in [-0.15, -0.1) is 0 Å². The van der Waals surface area contributed by atoms with Gasteiger partial charge >= 0.3 is 0 Å². The van der Waals surface area contributed by atoms with Crippen LogP contribution in [0.1, 0.15) is 30.8 Å². The summed E-state index contributed by atoms with van der Waals surface area (Å²) in [4.78, 5) is 6.86. The molecule has 0 bridgehead atoms.